The van der Waals surface area contributed by atoms with Gasteiger partial charge in [0.05, 0.1) is 0 Å². The molecule has 0 aliphatic carbocycles. The summed E-state index contributed by atoms with van der Waals surface area (Å²) in [5.41, 5.74) is 1.15. The van der Waals surface area contributed by atoms with Gasteiger partial charge in [-0.15, -0.1) is 0 Å². The topological polar surface area (TPSA) is 9.23 Å². The van der Waals surface area contributed by atoms with E-state index in [1.807, 2.05) is 30.3 Å². The Bertz CT molecular complexity index is 231. The highest BCUT2D eigenvalue weighted by molar-refractivity contribution is 7.80. The lowest BCUT2D eigenvalue weighted by atomic mass is 10.2. The molecule has 1 nitrogen and oxygen atoms in total. The van der Waals surface area contributed by atoms with Crippen LogP contribution in [0.15, 0.2) is 30.3 Å². The second-order valence-corrected chi connectivity index (χ2v) is 2.84. The Hall–Kier alpha value is -0.890. The van der Waals surface area contributed by atoms with Crippen LogP contribution in [0.4, 0.5) is 0 Å². The summed E-state index contributed by atoms with van der Waals surface area (Å²) in [6.45, 7) is 2.36. The summed E-state index contributed by atoms with van der Waals surface area (Å²) in [4.78, 5) is 0. The van der Waals surface area contributed by atoms with Gasteiger partial charge in [0.15, 0.2) is 5.05 Å². The van der Waals surface area contributed by atoms with Gasteiger partial charge >= 0.3 is 0 Å². The van der Waals surface area contributed by atoms with Gasteiger partial charge in [-0.1, -0.05) is 30.3 Å². The molecule has 1 rings (SSSR count). The van der Waals surface area contributed by atoms with Crippen LogP contribution in [0.2, 0.25) is 0 Å². The molecule has 0 unspecified atom stereocenters. The van der Waals surface area contributed by atoms with Crippen LogP contribution in [0.25, 0.3) is 0 Å². The molecule has 0 saturated heterocycles. The molecule has 0 radical (unpaired) electrons. The summed E-state index contributed by atoms with van der Waals surface area (Å²) < 4.78 is 5.16. The minimum atomic E-state index is 0.580. The van der Waals surface area contributed by atoms with Crippen molar-refractivity contribution in [1.82, 2.24) is 0 Å². The van der Waals surface area contributed by atoms with Crippen LogP contribution in [0.3, 0.4) is 0 Å². The van der Waals surface area contributed by atoms with E-state index in [1.165, 1.54) is 0 Å². The maximum Gasteiger partial charge on any atom is 0.157 e. The van der Waals surface area contributed by atoms with Crippen LogP contribution < -0.4 is 0 Å². The number of rotatable bonds is 2. The van der Waals surface area contributed by atoms with E-state index in [9.17, 15) is 0 Å². The van der Waals surface area contributed by atoms with E-state index in [2.05, 4.69) is 0 Å². The molecule has 0 aliphatic heterocycles. The zero-order chi connectivity index (χ0) is 8.10. The predicted octanol–water partition coefficient (Wildman–Crippen LogP) is 2.55. The van der Waals surface area contributed by atoms with Crippen molar-refractivity contribution in [3.63, 3.8) is 0 Å². The van der Waals surface area contributed by atoms with E-state index in [-0.39, 0.29) is 0 Å². The Balaban J connectivity index is 2.45. The SMILES string of the molecule is CC(=S)OCc1ccccc1. The van der Waals surface area contributed by atoms with E-state index in [4.69, 9.17) is 17.0 Å². The minimum Gasteiger partial charge on any atom is -0.483 e. The molecule has 0 atom stereocenters. The molecule has 0 N–H and O–H groups in total. The number of hydrogen-bond acceptors (Lipinski definition) is 2. The van der Waals surface area contributed by atoms with Gasteiger partial charge in [0.25, 0.3) is 0 Å². The lowest BCUT2D eigenvalue weighted by Gasteiger charge is -2.02. The Morgan fingerprint density at radius 2 is 2.00 bits per heavy atom. The van der Waals surface area contributed by atoms with Gasteiger partial charge in [-0.05, 0) is 17.8 Å². The third-order valence-corrected chi connectivity index (χ3v) is 1.40. The average molecular weight is 166 g/mol. The zero-order valence-electron chi connectivity index (χ0n) is 6.41. The highest BCUT2D eigenvalue weighted by Crippen LogP contribution is 2.00. The third-order valence-electron chi connectivity index (χ3n) is 1.28. The van der Waals surface area contributed by atoms with Gasteiger partial charge in [0, 0.05) is 6.92 Å². The van der Waals surface area contributed by atoms with E-state index in [0.717, 1.165) is 5.56 Å². The number of thiocarbonyl (C=S) groups is 1. The van der Waals surface area contributed by atoms with Crippen LogP contribution in [0, 0.1) is 0 Å². The van der Waals surface area contributed by atoms with Crippen molar-refractivity contribution in [2.75, 3.05) is 0 Å². The smallest absolute Gasteiger partial charge is 0.157 e. The van der Waals surface area contributed by atoms with Crippen LogP contribution in [-0.2, 0) is 11.3 Å². The van der Waals surface area contributed by atoms with Crippen LogP contribution in [-0.4, -0.2) is 5.05 Å². The molecule has 1 aromatic rings. The summed E-state index contributed by atoms with van der Waals surface area (Å²) in [5, 5.41) is 0.592. The van der Waals surface area contributed by atoms with E-state index in [1.54, 1.807) is 6.92 Å². The molecule has 0 saturated carbocycles. The van der Waals surface area contributed by atoms with E-state index in [0.29, 0.717) is 11.7 Å². The molecule has 11 heavy (non-hydrogen) atoms. The van der Waals surface area contributed by atoms with Gasteiger partial charge in [-0.3, -0.25) is 0 Å². The normalized spacial score (nSPS) is 9.18. The Morgan fingerprint density at radius 1 is 1.36 bits per heavy atom. The Kier molecular flexibility index (Phi) is 3.05. The van der Waals surface area contributed by atoms with Gasteiger partial charge in [0.1, 0.15) is 6.61 Å². The van der Waals surface area contributed by atoms with Crippen molar-refractivity contribution in [2.45, 2.75) is 13.5 Å². The Labute approximate surface area is 72.0 Å². The monoisotopic (exact) mass is 166 g/mol. The lowest BCUT2D eigenvalue weighted by molar-refractivity contribution is 0.298. The first kappa shape index (κ1) is 8.21. The van der Waals surface area contributed by atoms with Gasteiger partial charge in [-0.25, -0.2) is 0 Å². The van der Waals surface area contributed by atoms with Crippen molar-refractivity contribution in [3.8, 4) is 0 Å². The first-order valence-electron chi connectivity index (χ1n) is 3.46. The maximum absolute atomic E-state index is 5.16. The molecule has 2 heteroatoms. The van der Waals surface area contributed by atoms with Crippen LogP contribution >= 0.6 is 12.2 Å². The van der Waals surface area contributed by atoms with Crippen LogP contribution in [0.1, 0.15) is 12.5 Å². The summed E-state index contributed by atoms with van der Waals surface area (Å²) in [5.74, 6) is 0. The molecule has 0 spiro atoms. The van der Waals surface area contributed by atoms with Crippen molar-refractivity contribution >= 4 is 17.3 Å². The van der Waals surface area contributed by atoms with Crippen LogP contribution in [0.5, 0.6) is 0 Å². The highest BCUT2D eigenvalue weighted by atomic mass is 32.1. The van der Waals surface area contributed by atoms with Gasteiger partial charge in [0.2, 0.25) is 0 Å². The zero-order valence-corrected chi connectivity index (χ0v) is 7.23. The lowest BCUT2D eigenvalue weighted by Crippen LogP contribution is -1.95. The van der Waals surface area contributed by atoms with Crippen molar-refractivity contribution in [3.05, 3.63) is 35.9 Å². The predicted molar refractivity (Wildman–Crippen MR) is 49.5 cm³/mol. The fourth-order valence-corrected chi connectivity index (χ4v) is 0.818. The summed E-state index contributed by atoms with van der Waals surface area (Å²) in [6, 6.07) is 9.97. The molecule has 1 aromatic carbocycles. The minimum absolute atomic E-state index is 0.580. The standard InChI is InChI=1S/C9H10OS/c1-8(11)10-7-9-5-3-2-4-6-9/h2-6H,7H2,1H3. The second-order valence-electron chi connectivity index (χ2n) is 2.27. The summed E-state index contributed by atoms with van der Waals surface area (Å²) >= 11 is 4.77. The first-order valence-corrected chi connectivity index (χ1v) is 3.87. The first-order chi connectivity index (χ1) is 5.29. The molecular formula is C9H10OS. The molecule has 0 fully saturated rings. The van der Waals surface area contributed by atoms with Crippen molar-refractivity contribution < 1.29 is 4.74 Å². The average Bonchev–Trinajstić information content (AvgIpc) is 2.03. The number of ether oxygens (including phenoxy) is 1. The second kappa shape index (κ2) is 4.09. The molecule has 0 bridgehead atoms. The molecule has 0 aromatic heterocycles. The molecule has 0 amide bonds. The fraction of sp³-hybridized carbons (Fsp3) is 0.222. The summed E-state index contributed by atoms with van der Waals surface area (Å²) in [7, 11) is 0. The largest absolute Gasteiger partial charge is 0.483 e. The van der Waals surface area contributed by atoms with E-state index < -0.39 is 0 Å². The quantitative estimate of drug-likeness (QED) is 0.624. The van der Waals surface area contributed by atoms with E-state index >= 15 is 0 Å². The fourth-order valence-electron chi connectivity index (χ4n) is 0.759. The van der Waals surface area contributed by atoms with Gasteiger partial charge < -0.3 is 4.74 Å². The van der Waals surface area contributed by atoms with Gasteiger partial charge in [-0.2, -0.15) is 0 Å². The van der Waals surface area contributed by atoms with Crippen molar-refractivity contribution in [1.29, 1.82) is 0 Å². The Morgan fingerprint density at radius 3 is 2.55 bits per heavy atom. The third kappa shape index (κ3) is 3.14. The maximum atomic E-state index is 5.16. The molecule has 58 valence electrons. The highest BCUT2D eigenvalue weighted by Gasteiger charge is 1.90. The molecule has 0 aliphatic rings. The van der Waals surface area contributed by atoms with Crippen molar-refractivity contribution in [2.24, 2.45) is 0 Å². The number of hydrogen-bond donors (Lipinski definition) is 0. The molecule has 0 heterocycles. The number of benzene rings is 1. The molecular weight excluding hydrogens is 156 g/mol. The summed E-state index contributed by atoms with van der Waals surface area (Å²) in [6.07, 6.45) is 0.